The summed E-state index contributed by atoms with van der Waals surface area (Å²) in [5.74, 6) is -1.48. The zero-order chi connectivity index (χ0) is 51.3. The van der Waals surface area contributed by atoms with Crippen molar-refractivity contribution in [2.24, 2.45) is 0 Å². The first-order valence-electron chi connectivity index (χ1n) is 28.2. The third-order valence-electron chi connectivity index (χ3n) is 11.9. The molecule has 11 nitrogen and oxygen atoms in total. The summed E-state index contributed by atoms with van der Waals surface area (Å²) in [7, 11) is -4.74. The van der Waals surface area contributed by atoms with Gasteiger partial charge in [-0.25, -0.2) is 4.57 Å². The van der Waals surface area contributed by atoms with Crippen molar-refractivity contribution in [1.82, 2.24) is 0 Å². The Morgan fingerprint density at radius 2 is 0.743 bits per heavy atom. The van der Waals surface area contributed by atoms with Crippen molar-refractivity contribution in [2.45, 2.75) is 264 Å². The number of esters is 3. The number of carbonyl (C=O) groups is 3. The van der Waals surface area contributed by atoms with Gasteiger partial charge in [-0.15, -0.1) is 0 Å². The molecule has 0 rings (SSSR count). The summed E-state index contributed by atoms with van der Waals surface area (Å²) in [6.07, 6.45) is 56.1. The largest absolute Gasteiger partial charge is 0.472 e. The van der Waals surface area contributed by atoms with Crippen LogP contribution in [-0.4, -0.2) is 66.5 Å². The molecule has 0 aromatic carbocycles. The molecule has 406 valence electrons. The lowest BCUT2D eigenvalue weighted by atomic mass is 10.1. The zero-order valence-corrected chi connectivity index (χ0v) is 45.6. The normalized spacial score (nSPS) is 13.8. The lowest BCUT2D eigenvalue weighted by Crippen LogP contribution is -2.30. The van der Waals surface area contributed by atoms with Crippen molar-refractivity contribution < 1.29 is 52.2 Å². The van der Waals surface area contributed by atoms with Crippen LogP contribution in [-0.2, 0) is 42.2 Å². The smallest absolute Gasteiger partial charge is 0.462 e. The van der Waals surface area contributed by atoms with Crippen LogP contribution in [0.1, 0.15) is 252 Å². The molecule has 0 bridgehead atoms. The Bertz CT molecular complexity index is 1410. The number of aliphatic hydroxyl groups excluding tert-OH is 1. The van der Waals surface area contributed by atoms with Gasteiger partial charge >= 0.3 is 25.7 Å². The Hall–Kier alpha value is -2.82. The Labute approximate surface area is 427 Å². The van der Waals surface area contributed by atoms with E-state index in [4.69, 9.17) is 23.3 Å². The molecule has 0 spiro atoms. The van der Waals surface area contributed by atoms with E-state index in [9.17, 15) is 28.9 Å². The maximum absolute atomic E-state index is 12.9. The monoisotopic (exact) mass is 1010 g/mol. The van der Waals surface area contributed by atoms with Crippen LogP contribution in [0.2, 0.25) is 0 Å². The number of phosphoric acid groups is 1. The molecule has 0 saturated carbocycles. The SMILES string of the molecule is CC/C=C\C/C=C\C/C=C\CCCCCCCCCC(=O)OCC(COP(=O)(O)OCC(CO)OC(=O)CCCCCCCCCCC)OC(=O)CCCCCCCCC/C=C\C/C=C\CCCCC. The summed E-state index contributed by atoms with van der Waals surface area (Å²) in [6.45, 7) is 4.48. The molecule has 0 aromatic heterocycles. The molecule has 0 amide bonds. The summed E-state index contributed by atoms with van der Waals surface area (Å²) < 4.78 is 39.4. The minimum Gasteiger partial charge on any atom is -0.462 e. The number of phosphoric ester groups is 1. The van der Waals surface area contributed by atoms with Gasteiger partial charge in [0.1, 0.15) is 12.7 Å². The van der Waals surface area contributed by atoms with Crippen molar-refractivity contribution in [1.29, 1.82) is 0 Å². The maximum atomic E-state index is 12.9. The van der Waals surface area contributed by atoms with Gasteiger partial charge in [0.05, 0.1) is 19.8 Å². The van der Waals surface area contributed by atoms with E-state index < -0.39 is 57.8 Å². The molecule has 0 aliphatic rings. The Morgan fingerprint density at radius 3 is 1.17 bits per heavy atom. The van der Waals surface area contributed by atoms with Crippen molar-refractivity contribution in [3.8, 4) is 0 Å². The number of ether oxygens (including phenoxy) is 3. The van der Waals surface area contributed by atoms with Crippen LogP contribution in [0.25, 0.3) is 0 Å². The second kappa shape index (κ2) is 52.5. The molecule has 2 N–H and O–H groups in total. The van der Waals surface area contributed by atoms with Crippen LogP contribution in [0.3, 0.4) is 0 Å². The average Bonchev–Trinajstić information content (AvgIpc) is 3.35. The van der Waals surface area contributed by atoms with Crippen molar-refractivity contribution in [2.75, 3.05) is 26.4 Å². The van der Waals surface area contributed by atoms with E-state index in [1.807, 2.05) is 0 Å². The summed E-state index contributed by atoms with van der Waals surface area (Å²) in [4.78, 5) is 48.4. The topological polar surface area (TPSA) is 155 Å². The van der Waals surface area contributed by atoms with Crippen molar-refractivity contribution in [3.63, 3.8) is 0 Å². The predicted molar refractivity (Wildman–Crippen MR) is 288 cm³/mol. The second-order valence-corrected chi connectivity index (χ2v) is 20.2. The molecule has 0 aliphatic heterocycles. The number of hydrogen-bond acceptors (Lipinski definition) is 10. The number of aliphatic hydroxyl groups is 1. The molecule has 3 unspecified atom stereocenters. The Kier molecular flexibility index (Phi) is 50.4. The molecule has 0 saturated heterocycles. The minimum absolute atomic E-state index is 0.157. The van der Waals surface area contributed by atoms with Gasteiger partial charge in [-0.05, 0) is 83.5 Å². The molecule has 70 heavy (non-hydrogen) atoms. The highest BCUT2D eigenvalue weighted by Gasteiger charge is 2.28. The van der Waals surface area contributed by atoms with Crippen LogP contribution < -0.4 is 0 Å². The molecule has 12 heteroatoms. The molecule has 3 atom stereocenters. The number of carbonyl (C=O) groups excluding carboxylic acids is 3. The van der Waals surface area contributed by atoms with Gasteiger partial charge in [0.25, 0.3) is 0 Å². The van der Waals surface area contributed by atoms with Crippen LogP contribution >= 0.6 is 7.82 Å². The second-order valence-electron chi connectivity index (χ2n) is 18.7. The Balaban J connectivity index is 4.74. The fourth-order valence-electron chi connectivity index (χ4n) is 7.64. The maximum Gasteiger partial charge on any atom is 0.472 e. The molecular formula is C58H103O11P. The standard InChI is InChI=1S/C58H103O11P/c1-4-7-10-13-16-19-21-23-25-27-29-31-33-36-38-41-44-47-56(60)65-51-55(69-58(62)49-46-43-40-37-34-32-30-28-26-24-22-20-17-14-11-8-5-2)53-67-70(63,64)66-52-54(50-59)68-57(61)48-45-42-39-35-18-15-12-9-6-3/h7,10,16-17,19-20,23-26,54-55,59H,4-6,8-9,11-15,18,21-22,27-53H2,1-3H3,(H,63,64)/b10-7-,19-16-,20-17-,25-23-,26-24-. The van der Waals surface area contributed by atoms with Gasteiger partial charge in [-0.3, -0.25) is 23.4 Å². The van der Waals surface area contributed by atoms with Gasteiger partial charge in [-0.2, -0.15) is 0 Å². The van der Waals surface area contributed by atoms with E-state index >= 15 is 0 Å². The molecule has 0 heterocycles. The van der Waals surface area contributed by atoms with Crippen LogP contribution in [0.4, 0.5) is 0 Å². The summed E-state index contributed by atoms with van der Waals surface area (Å²) >= 11 is 0. The summed E-state index contributed by atoms with van der Waals surface area (Å²) in [5.41, 5.74) is 0. The van der Waals surface area contributed by atoms with Gasteiger partial charge < -0.3 is 24.2 Å². The van der Waals surface area contributed by atoms with E-state index in [0.29, 0.717) is 19.3 Å². The van der Waals surface area contributed by atoms with E-state index in [1.165, 1.54) is 83.5 Å². The highest BCUT2D eigenvalue weighted by Crippen LogP contribution is 2.43. The molecule has 0 aliphatic carbocycles. The van der Waals surface area contributed by atoms with Gasteiger partial charge in [0.15, 0.2) is 6.10 Å². The fourth-order valence-corrected chi connectivity index (χ4v) is 8.42. The first-order valence-corrected chi connectivity index (χ1v) is 29.7. The van der Waals surface area contributed by atoms with E-state index in [-0.39, 0.29) is 25.9 Å². The van der Waals surface area contributed by atoms with Gasteiger partial charge in [0.2, 0.25) is 0 Å². The quantitative estimate of drug-likeness (QED) is 0.0197. The minimum atomic E-state index is -4.74. The van der Waals surface area contributed by atoms with E-state index in [2.05, 4.69) is 81.5 Å². The molecular weight excluding hydrogens is 904 g/mol. The third kappa shape index (κ3) is 50.1. The van der Waals surface area contributed by atoms with Gasteiger partial charge in [0, 0.05) is 19.3 Å². The van der Waals surface area contributed by atoms with Crippen LogP contribution in [0.15, 0.2) is 60.8 Å². The number of allylic oxidation sites excluding steroid dienone is 10. The number of unbranched alkanes of at least 4 members (excludes halogenated alkanes) is 25. The highest BCUT2D eigenvalue weighted by molar-refractivity contribution is 7.47. The van der Waals surface area contributed by atoms with Crippen molar-refractivity contribution >= 4 is 25.7 Å². The van der Waals surface area contributed by atoms with Crippen LogP contribution in [0, 0.1) is 0 Å². The molecule has 0 radical (unpaired) electrons. The summed E-state index contributed by atoms with van der Waals surface area (Å²) in [5, 5.41) is 9.77. The highest BCUT2D eigenvalue weighted by atomic mass is 31.2. The number of rotatable bonds is 52. The van der Waals surface area contributed by atoms with E-state index in [0.717, 1.165) is 109 Å². The van der Waals surface area contributed by atoms with Gasteiger partial charge in [-0.1, -0.05) is 210 Å². The molecule has 0 aromatic rings. The molecule has 0 fully saturated rings. The lowest BCUT2D eigenvalue weighted by molar-refractivity contribution is -0.161. The average molecular weight is 1010 g/mol. The van der Waals surface area contributed by atoms with Crippen LogP contribution in [0.5, 0.6) is 0 Å². The first kappa shape index (κ1) is 67.2. The fraction of sp³-hybridized carbons (Fsp3) is 0.776. The third-order valence-corrected chi connectivity index (χ3v) is 12.9. The summed E-state index contributed by atoms with van der Waals surface area (Å²) in [6, 6.07) is 0. The zero-order valence-electron chi connectivity index (χ0n) is 44.7. The Morgan fingerprint density at radius 1 is 0.414 bits per heavy atom. The predicted octanol–water partition coefficient (Wildman–Crippen LogP) is 16.4. The lowest BCUT2D eigenvalue weighted by Gasteiger charge is -2.21. The first-order chi connectivity index (χ1) is 34.2. The van der Waals surface area contributed by atoms with Crippen molar-refractivity contribution in [3.05, 3.63) is 60.8 Å². The van der Waals surface area contributed by atoms with E-state index in [1.54, 1.807) is 0 Å². The number of hydrogen-bond donors (Lipinski definition) is 2.